The molecule has 1 saturated heterocycles. The van der Waals surface area contributed by atoms with Crippen LogP contribution in [0.1, 0.15) is 25.3 Å². The highest BCUT2D eigenvalue weighted by atomic mass is 35.5. The summed E-state index contributed by atoms with van der Waals surface area (Å²) >= 11 is 5.99. The van der Waals surface area contributed by atoms with Crippen LogP contribution in [0.15, 0.2) is 65.4 Å². The maximum Gasteiger partial charge on any atom is 0.340 e. The zero-order chi connectivity index (χ0) is 25.7. The molecule has 2 aromatic carbocycles. The summed E-state index contributed by atoms with van der Waals surface area (Å²) in [6.07, 6.45) is 3.67. The van der Waals surface area contributed by atoms with Crippen LogP contribution in [0, 0.1) is 0 Å². The van der Waals surface area contributed by atoms with E-state index in [1.165, 1.54) is 12.0 Å². The minimum atomic E-state index is -0.600. The summed E-state index contributed by atoms with van der Waals surface area (Å²) in [6.45, 7) is 2.79. The number of esters is 1. The maximum absolute atomic E-state index is 13.3. The lowest BCUT2D eigenvalue weighted by Crippen LogP contribution is -2.35. The summed E-state index contributed by atoms with van der Waals surface area (Å²) in [4.78, 5) is 39.4. The van der Waals surface area contributed by atoms with E-state index in [4.69, 9.17) is 25.8 Å². The topological polar surface area (TPSA) is 94.2 Å². The van der Waals surface area contributed by atoms with Crippen LogP contribution < -0.4 is 15.0 Å². The normalized spacial score (nSPS) is 18.6. The molecule has 0 bridgehead atoms. The average Bonchev–Trinajstić information content (AvgIpc) is 3.49. The molecule has 4 rings (SSSR count). The Bertz CT molecular complexity index is 1200. The highest BCUT2D eigenvalue weighted by Crippen LogP contribution is 2.36. The Balaban J connectivity index is 1.46. The molecule has 0 radical (unpaired) electrons. The third-order valence-corrected chi connectivity index (χ3v) is 6.24. The number of methoxy groups -OCH3 is 1. The maximum atomic E-state index is 13.3. The number of anilines is 1. The number of benzene rings is 2. The van der Waals surface area contributed by atoms with Crippen LogP contribution in [-0.2, 0) is 23.9 Å². The van der Waals surface area contributed by atoms with Gasteiger partial charge in [-0.3, -0.25) is 14.5 Å². The third-order valence-electron chi connectivity index (χ3n) is 5.99. The Kier molecular flexibility index (Phi) is 8.07. The lowest BCUT2D eigenvalue weighted by molar-refractivity contribution is -0.136. The summed E-state index contributed by atoms with van der Waals surface area (Å²) in [6, 6.07) is 13.7. The second-order valence-corrected chi connectivity index (χ2v) is 8.86. The first-order chi connectivity index (χ1) is 17.4. The molecule has 9 heteroatoms. The lowest BCUT2D eigenvalue weighted by atomic mass is 10.0. The van der Waals surface area contributed by atoms with Crippen molar-refractivity contribution in [3.05, 3.63) is 76.0 Å². The van der Waals surface area contributed by atoms with Gasteiger partial charge in [-0.15, -0.1) is 0 Å². The van der Waals surface area contributed by atoms with Gasteiger partial charge in [-0.2, -0.15) is 0 Å². The number of rotatable bonds is 8. The van der Waals surface area contributed by atoms with Gasteiger partial charge in [0, 0.05) is 29.6 Å². The van der Waals surface area contributed by atoms with Crippen molar-refractivity contribution in [1.82, 2.24) is 5.32 Å². The molecule has 0 aromatic heterocycles. The number of nitrogens with one attached hydrogen (secondary N) is 1. The van der Waals surface area contributed by atoms with Crippen LogP contribution in [0.4, 0.5) is 5.69 Å². The van der Waals surface area contributed by atoms with Gasteiger partial charge >= 0.3 is 5.97 Å². The van der Waals surface area contributed by atoms with Gasteiger partial charge in [0.05, 0.1) is 24.4 Å². The second-order valence-electron chi connectivity index (χ2n) is 8.42. The largest absolute Gasteiger partial charge is 0.484 e. The van der Waals surface area contributed by atoms with Crippen molar-refractivity contribution in [2.75, 3.05) is 31.8 Å². The Morgan fingerprint density at radius 1 is 1.17 bits per heavy atom. The SMILES string of the molecule is COC(=O)C1=C(C)N(c2ccc(Cl)cc2)C(=O)C1=Cc1ccc(OCC(=O)NCC2CCCO2)cc1. The Morgan fingerprint density at radius 3 is 2.53 bits per heavy atom. The molecule has 2 amide bonds. The van der Waals surface area contributed by atoms with E-state index in [2.05, 4.69) is 5.32 Å². The molecule has 2 aromatic rings. The van der Waals surface area contributed by atoms with E-state index in [0.29, 0.717) is 34.3 Å². The number of nitrogens with zero attached hydrogens (tertiary/aromatic N) is 1. The van der Waals surface area contributed by atoms with Crippen molar-refractivity contribution in [3.63, 3.8) is 0 Å². The molecule has 2 aliphatic heterocycles. The highest BCUT2D eigenvalue weighted by Gasteiger charge is 2.37. The van der Waals surface area contributed by atoms with Crippen molar-refractivity contribution < 1.29 is 28.6 Å². The molecule has 0 saturated carbocycles. The zero-order valence-electron chi connectivity index (χ0n) is 20.1. The molecule has 0 aliphatic carbocycles. The van der Waals surface area contributed by atoms with E-state index >= 15 is 0 Å². The first kappa shape index (κ1) is 25.5. The first-order valence-corrected chi connectivity index (χ1v) is 12.0. The van der Waals surface area contributed by atoms with Gasteiger partial charge in [-0.1, -0.05) is 23.7 Å². The van der Waals surface area contributed by atoms with Gasteiger partial charge in [0.2, 0.25) is 0 Å². The predicted octanol–water partition coefficient (Wildman–Crippen LogP) is 3.89. The van der Waals surface area contributed by atoms with Gasteiger partial charge in [0.25, 0.3) is 11.8 Å². The van der Waals surface area contributed by atoms with E-state index < -0.39 is 5.97 Å². The lowest BCUT2D eigenvalue weighted by Gasteiger charge is -2.17. The van der Waals surface area contributed by atoms with Crippen LogP contribution in [-0.4, -0.2) is 50.8 Å². The third kappa shape index (κ3) is 5.78. The summed E-state index contributed by atoms with van der Waals surface area (Å²) in [5.41, 5.74) is 2.15. The quantitative estimate of drug-likeness (QED) is 0.428. The predicted molar refractivity (Wildman–Crippen MR) is 136 cm³/mol. The van der Waals surface area contributed by atoms with Gasteiger partial charge in [0.15, 0.2) is 6.61 Å². The monoisotopic (exact) mass is 510 g/mol. The molecule has 1 N–H and O–H groups in total. The van der Waals surface area contributed by atoms with Crippen LogP contribution in [0.5, 0.6) is 5.75 Å². The Hall–Kier alpha value is -3.62. The minimum absolute atomic E-state index is 0.0720. The first-order valence-electron chi connectivity index (χ1n) is 11.6. The fraction of sp³-hybridized carbons (Fsp3) is 0.296. The number of carbonyl (C=O) groups excluding carboxylic acids is 3. The van der Waals surface area contributed by atoms with E-state index in [1.54, 1.807) is 61.5 Å². The standard InChI is InChI=1S/C27H27ClN2O6/c1-17-25(27(33)34-2)23(26(32)30(17)20-9-7-19(28)8-10-20)14-18-5-11-21(12-6-18)36-16-24(31)29-15-22-4-3-13-35-22/h5-12,14,22H,3-4,13,15-16H2,1-2H3,(H,29,31). The van der Waals surface area contributed by atoms with Gasteiger partial charge in [0.1, 0.15) is 5.75 Å². The Labute approximate surface area is 214 Å². The number of ether oxygens (including phenoxy) is 3. The number of halogens is 1. The molecule has 1 unspecified atom stereocenters. The van der Waals surface area contributed by atoms with E-state index in [9.17, 15) is 14.4 Å². The van der Waals surface area contributed by atoms with Crippen molar-refractivity contribution in [2.24, 2.45) is 0 Å². The van der Waals surface area contributed by atoms with Crippen LogP contribution in [0.2, 0.25) is 5.02 Å². The molecule has 188 valence electrons. The van der Waals surface area contributed by atoms with Gasteiger partial charge in [-0.05, 0) is 67.8 Å². The highest BCUT2D eigenvalue weighted by molar-refractivity contribution is 6.30. The summed E-state index contributed by atoms with van der Waals surface area (Å²) in [5.74, 6) is -0.667. The minimum Gasteiger partial charge on any atom is -0.484 e. The molecule has 1 fully saturated rings. The summed E-state index contributed by atoms with van der Waals surface area (Å²) in [7, 11) is 1.28. The fourth-order valence-corrected chi connectivity index (χ4v) is 4.27. The smallest absolute Gasteiger partial charge is 0.340 e. The zero-order valence-corrected chi connectivity index (χ0v) is 20.8. The Morgan fingerprint density at radius 2 is 1.89 bits per heavy atom. The molecule has 2 heterocycles. The molecular formula is C27H27ClN2O6. The van der Waals surface area contributed by atoms with Crippen LogP contribution in [0.3, 0.4) is 0 Å². The van der Waals surface area contributed by atoms with Crippen molar-refractivity contribution in [1.29, 1.82) is 0 Å². The van der Waals surface area contributed by atoms with Crippen molar-refractivity contribution >= 4 is 41.1 Å². The average molecular weight is 511 g/mol. The number of hydrogen-bond donors (Lipinski definition) is 1. The molecule has 36 heavy (non-hydrogen) atoms. The number of carbonyl (C=O) groups is 3. The van der Waals surface area contributed by atoms with Crippen LogP contribution in [0.25, 0.3) is 6.08 Å². The summed E-state index contributed by atoms with van der Waals surface area (Å²) in [5, 5.41) is 3.35. The fourth-order valence-electron chi connectivity index (χ4n) is 4.14. The number of hydrogen-bond acceptors (Lipinski definition) is 6. The summed E-state index contributed by atoms with van der Waals surface area (Å²) < 4.78 is 16.0. The number of amides is 2. The molecular weight excluding hydrogens is 484 g/mol. The molecule has 0 spiro atoms. The van der Waals surface area contributed by atoms with Crippen molar-refractivity contribution in [3.8, 4) is 5.75 Å². The van der Waals surface area contributed by atoms with E-state index in [0.717, 1.165) is 19.4 Å². The molecule has 8 nitrogen and oxygen atoms in total. The number of allylic oxidation sites excluding steroid dienone is 1. The van der Waals surface area contributed by atoms with E-state index in [-0.39, 0.29) is 35.7 Å². The van der Waals surface area contributed by atoms with Gasteiger partial charge < -0.3 is 19.5 Å². The van der Waals surface area contributed by atoms with E-state index in [1.807, 2.05) is 0 Å². The van der Waals surface area contributed by atoms with Crippen molar-refractivity contribution in [2.45, 2.75) is 25.9 Å². The molecule has 1 atom stereocenters. The second kappa shape index (κ2) is 11.4. The van der Waals surface area contributed by atoms with Gasteiger partial charge in [-0.25, -0.2) is 4.79 Å². The molecule has 2 aliphatic rings. The van der Waals surface area contributed by atoms with Crippen LogP contribution >= 0.6 is 11.6 Å².